The molecule has 2 fully saturated rings. The molecule has 0 unspecified atom stereocenters. The van der Waals surface area contributed by atoms with Crippen molar-refractivity contribution in [1.82, 2.24) is 9.80 Å². The van der Waals surface area contributed by atoms with Gasteiger partial charge in [-0.1, -0.05) is 0 Å². The summed E-state index contributed by atoms with van der Waals surface area (Å²) in [5.74, 6) is 1.77. The minimum Gasteiger partial charge on any atom is -0.390 e. The van der Waals surface area contributed by atoms with Crippen molar-refractivity contribution in [3.63, 3.8) is 0 Å². The van der Waals surface area contributed by atoms with E-state index in [0.717, 1.165) is 24.8 Å². The Hall–Kier alpha value is -0.120. The highest BCUT2D eigenvalue weighted by molar-refractivity contribution is 4.92. The van der Waals surface area contributed by atoms with E-state index in [1.165, 1.54) is 26.2 Å². The summed E-state index contributed by atoms with van der Waals surface area (Å²) in [6, 6.07) is 0. The molecular formula is C12H24N2O. The van der Waals surface area contributed by atoms with E-state index in [1.807, 2.05) is 13.8 Å². The molecule has 2 heterocycles. The molecule has 0 aromatic heterocycles. The number of rotatable bonds is 3. The Morgan fingerprint density at radius 2 is 1.67 bits per heavy atom. The smallest absolute Gasteiger partial charge is 0.0603 e. The van der Waals surface area contributed by atoms with Crippen molar-refractivity contribution < 1.29 is 5.11 Å². The van der Waals surface area contributed by atoms with Gasteiger partial charge in [0.1, 0.15) is 0 Å². The van der Waals surface area contributed by atoms with E-state index in [4.69, 9.17) is 0 Å². The van der Waals surface area contributed by atoms with Crippen LogP contribution in [-0.2, 0) is 0 Å². The second-order valence-electron chi connectivity index (χ2n) is 6.06. The minimum atomic E-state index is -0.505. The number of fused-ring (bicyclic) bond motifs is 1. The van der Waals surface area contributed by atoms with Gasteiger partial charge in [-0.2, -0.15) is 0 Å². The third-order valence-electron chi connectivity index (χ3n) is 3.78. The molecule has 3 nitrogen and oxygen atoms in total. The summed E-state index contributed by atoms with van der Waals surface area (Å²) >= 11 is 0. The summed E-state index contributed by atoms with van der Waals surface area (Å²) in [4.78, 5) is 4.98. The zero-order valence-electron chi connectivity index (χ0n) is 10.2. The molecule has 0 amide bonds. The van der Waals surface area contributed by atoms with E-state index in [1.54, 1.807) is 0 Å². The SMILES string of the molecule is CN1C[C@@H]2CN(CCC(C)(C)O)C[C@@H]2C1. The van der Waals surface area contributed by atoms with Crippen LogP contribution in [0.25, 0.3) is 0 Å². The normalized spacial score (nSPS) is 33.6. The maximum atomic E-state index is 9.69. The van der Waals surface area contributed by atoms with Crippen LogP contribution in [0.1, 0.15) is 20.3 Å². The second-order valence-corrected chi connectivity index (χ2v) is 6.06. The van der Waals surface area contributed by atoms with E-state index < -0.39 is 5.60 Å². The number of aliphatic hydroxyl groups is 1. The fourth-order valence-electron chi connectivity index (χ4n) is 2.94. The predicted octanol–water partition coefficient (Wildman–Crippen LogP) is 0.641. The van der Waals surface area contributed by atoms with Crippen LogP contribution in [0.15, 0.2) is 0 Å². The van der Waals surface area contributed by atoms with Gasteiger partial charge in [0.05, 0.1) is 5.60 Å². The molecule has 0 aromatic rings. The first-order valence-corrected chi connectivity index (χ1v) is 6.07. The molecule has 1 N–H and O–H groups in total. The quantitative estimate of drug-likeness (QED) is 0.744. The molecule has 0 spiro atoms. The lowest BCUT2D eigenvalue weighted by Crippen LogP contribution is -2.32. The molecule has 0 aromatic carbocycles. The summed E-state index contributed by atoms with van der Waals surface area (Å²) in [5.41, 5.74) is -0.505. The predicted molar refractivity (Wildman–Crippen MR) is 61.8 cm³/mol. The Balaban J connectivity index is 1.75. The largest absolute Gasteiger partial charge is 0.390 e. The van der Waals surface area contributed by atoms with Gasteiger partial charge in [0.2, 0.25) is 0 Å². The molecule has 2 saturated heterocycles. The van der Waals surface area contributed by atoms with Gasteiger partial charge in [-0.25, -0.2) is 0 Å². The minimum absolute atomic E-state index is 0.505. The highest BCUT2D eigenvalue weighted by Crippen LogP contribution is 2.30. The lowest BCUT2D eigenvalue weighted by Gasteiger charge is -2.23. The van der Waals surface area contributed by atoms with E-state index in [9.17, 15) is 5.11 Å². The first-order chi connectivity index (χ1) is 6.94. The molecular weight excluding hydrogens is 188 g/mol. The lowest BCUT2D eigenvalue weighted by atomic mass is 10.0. The van der Waals surface area contributed by atoms with Crippen LogP contribution in [0, 0.1) is 11.8 Å². The van der Waals surface area contributed by atoms with Crippen molar-refractivity contribution >= 4 is 0 Å². The average Bonchev–Trinajstić information content (AvgIpc) is 2.55. The van der Waals surface area contributed by atoms with Crippen LogP contribution in [0.5, 0.6) is 0 Å². The number of hydrogen-bond donors (Lipinski definition) is 1. The average molecular weight is 212 g/mol. The van der Waals surface area contributed by atoms with E-state index in [-0.39, 0.29) is 0 Å². The summed E-state index contributed by atoms with van der Waals surface area (Å²) in [6.07, 6.45) is 0.891. The molecule has 88 valence electrons. The van der Waals surface area contributed by atoms with Crippen molar-refractivity contribution in [3.8, 4) is 0 Å². The molecule has 0 saturated carbocycles. The van der Waals surface area contributed by atoms with Gasteiger partial charge in [-0.05, 0) is 39.2 Å². The van der Waals surface area contributed by atoms with Crippen LogP contribution < -0.4 is 0 Å². The van der Waals surface area contributed by atoms with Crippen molar-refractivity contribution in [2.75, 3.05) is 39.8 Å². The zero-order valence-corrected chi connectivity index (χ0v) is 10.2. The Kier molecular flexibility index (Phi) is 3.06. The Morgan fingerprint density at radius 3 is 2.13 bits per heavy atom. The molecule has 0 aliphatic carbocycles. The van der Waals surface area contributed by atoms with Crippen molar-refractivity contribution in [1.29, 1.82) is 0 Å². The van der Waals surface area contributed by atoms with Gasteiger partial charge >= 0.3 is 0 Å². The third kappa shape index (κ3) is 2.92. The molecule has 0 bridgehead atoms. The first kappa shape index (κ1) is 11.4. The molecule has 2 aliphatic rings. The topological polar surface area (TPSA) is 26.7 Å². The standard InChI is InChI=1S/C12H24N2O/c1-12(2,15)4-5-14-8-10-6-13(3)7-11(10)9-14/h10-11,15H,4-9H2,1-3H3/t10-,11+. The van der Waals surface area contributed by atoms with Crippen LogP contribution in [0.2, 0.25) is 0 Å². The Labute approximate surface area is 93.1 Å². The number of likely N-dealkylation sites (tertiary alicyclic amines) is 2. The van der Waals surface area contributed by atoms with Gasteiger partial charge in [0.15, 0.2) is 0 Å². The molecule has 3 heteroatoms. The highest BCUT2D eigenvalue weighted by Gasteiger charge is 2.38. The molecule has 15 heavy (non-hydrogen) atoms. The summed E-state index contributed by atoms with van der Waals surface area (Å²) in [5, 5.41) is 9.69. The van der Waals surface area contributed by atoms with Gasteiger partial charge in [0, 0.05) is 32.7 Å². The fraction of sp³-hybridized carbons (Fsp3) is 1.00. The van der Waals surface area contributed by atoms with Gasteiger partial charge in [0.25, 0.3) is 0 Å². The van der Waals surface area contributed by atoms with Crippen LogP contribution in [-0.4, -0.2) is 60.3 Å². The van der Waals surface area contributed by atoms with E-state index in [0.29, 0.717) is 0 Å². The number of hydrogen-bond acceptors (Lipinski definition) is 3. The van der Waals surface area contributed by atoms with Crippen molar-refractivity contribution in [3.05, 3.63) is 0 Å². The Bertz CT molecular complexity index is 210. The number of nitrogens with zero attached hydrogens (tertiary/aromatic N) is 2. The van der Waals surface area contributed by atoms with Crippen molar-refractivity contribution in [2.24, 2.45) is 11.8 Å². The Morgan fingerprint density at radius 1 is 1.13 bits per heavy atom. The fourth-order valence-corrected chi connectivity index (χ4v) is 2.94. The zero-order chi connectivity index (χ0) is 11.1. The molecule has 0 radical (unpaired) electrons. The van der Waals surface area contributed by atoms with Gasteiger partial charge < -0.3 is 14.9 Å². The van der Waals surface area contributed by atoms with Crippen LogP contribution in [0.3, 0.4) is 0 Å². The van der Waals surface area contributed by atoms with E-state index in [2.05, 4.69) is 16.8 Å². The summed E-state index contributed by atoms with van der Waals surface area (Å²) in [7, 11) is 2.22. The molecule has 2 atom stereocenters. The van der Waals surface area contributed by atoms with E-state index >= 15 is 0 Å². The maximum Gasteiger partial charge on any atom is 0.0603 e. The first-order valence-electron chi connectivity index (χ1n) is 6.07. The van der Waals surface area contributed by atoms with Gasteiger partial charge in [-0.3, -0.25) is 0 Å². The van der Waals surface area contributed by atoms with Gasteiger partial charge in [-0.15, -0.1) is 0 Å². The summed E-state index contributed by atoms with van der Waals surface area (Å²) < 4.78 is 0. The molecule has 2 aliphatic heterocycles. The summed E-state index contributed by atoms with van der Waals surface area (Å²) in [6.45, 7) is 9.87. The highest BCUT2D eigenvalue weighted by atomic mass is 16.3. The van der Waals surface area contributed by atoms with Crippen molar-refractivity contribution in [2.45, 2.75) is 25.9 Å². The maximum absolute atomic E-state index is 9.69. The third-order valence-corrected chi connectivity index (χ3v) is 3.78. The second kappa shape index (κ2) is 4.04. The monoisotopic (exact) mass is 212 g/mol. The van der Waals surface area contributed by atoms with Crippen LogP contribution in [0.4, 0.5) is 0 Å². The van der Waals surface area contributed by atoms with Crippen LogP contribution >= 0.6 is 0 Å². The molecule has 2 rings (SSSR count). The lowest BCUT2D eigenvalue weighted by molar-refractivity contribution is 0.0593.